The minimum absolute atomic E-state index is 0.387. The van der Waals surface area contributed by atoms with Crippen LogP contribution in [0.2, 0.25) is 0 Å². The van der Waals surface area contributed by atoms with E-state index in [4.69, 9.17) is 10.2 Å². The van der Waals surface area contributed by atoms with Crippen LogP contribution in [-0.2, 0) is 9.59 Å². The van der Waals surface area contributed by atoms with Gasteiger partial charge in [-0.05, 0) is 6.42 Å². The summed E-state index contributed by atoms with van der Waals surface area (Å²) in [5.41, 5.74) is 0. The van der Waals surface area contributed by atoms with E-state index < -0.39 is 18.0 Å². The number of rotatable bonds is 9. The molecule has 0 aliphatic heterocycles. The molecule has 0 spiro atoms. The lowest BCUT2D eigenvalue weighted by Crippen LogP contribution is -2.32. The van der Waals surface area contributed by atoms with Crippen LogP contribution in [0.15, 0.2) is 0 Å². The van der Waals surface area contributed by atoms with Crippen molar-refractivity contribution in [1.29, 1.82) is 0 Å². The predicted molar refractivity (Wildman–Crippen MR) is 66.5 cm³/mol. The summed E-state index contributed by atoms with van der Waals surface area (Å²) in [6.45, 7) is 2.59. The lowest BCUT2D eigenvalue weighted by molar-refractivity contribution is -0.149. The molecule has 94 valence electrons. The Balaban J connectivity index is 3.40. The number of nitrogens with one attached hydrogen (secondary N) is 1. The molecule has 7 heteroatoms. The highest BCUT2D eigenvalue weighted by molar-refractivity contribution is 8.76. The van der Waals surface area contributed by atoms with Crippen LogP contribution < -0.4 is 5.32 Å². The van der Waals surface area contributed by atoms with Crippen molar-refractivity contribution in [2.75, 3.05) is 18.1 Å². The van der Waals surface area contributed by atoms with E-state index in [2.05, 4.69) is 12.2 Å². The summed E-state index contributed by atoms with van der Waals surface area (Å²) < 4.78 is 0. The Hall–Kier alpha value is -0.400. The number of amides is 1. The third-order valence-corrected chi connectivity index (χ3v) is 4.15. The molecule has 3 N–H and O–H groups in total. The van der Waals surface area contributed by atoms with Crippen molar-refractivity contribution in [3.05, 3.63) is 0 Å². The maximum absolute atomic E-state index is 11.1. The molecule has 1 unspecified atom stereocenters. The van der Waals surface area contributed by atoms with Gasteiger partial charge in [-0.3, -0.25) is 4.79 Å². The number of aliphatic hydroxyl groups is 1. The zero-order valence-corrected chi connectivity index (χ0v) is 10.8. The first-order valence-electron chi connectivity index (χ1n) is 5.00. The van der Waals surface area contributed by atoms with Gasteiger partial charge in [-0.2, -0.15) is 0 Å². The van der Waals surface area contributed by atoms with Crippen molar-refractivity contribution in [2.24, 2.45) is 0 Å². The second kappa shape index (κ2) is 9.80. The number of hydrogen-bond acceptors (Lipinski definition) is 5. The van der Waals surface area contributed by atoms with E-state index in [1.165, 1.54) is 0 Å². The zero-order valence-electron chi connectivity index (χ0n) is 9.14. The van der Waals surface area contributed by atoms with Crippen molar-refractivity contribution in [1.82, 2.24) is 5.32 Å². The van der Waals surface area contributed by atoms with Gasteiger partial charge in [0.25, 0.3) is 0 Å². The molecule has 16 heavy (non-hydrogen) atoms. The highest BCUT2D eigenvalue weighted by atomic mass is 33.1. The number of carbonyl (C=O) groups is 2. The molecule has 0 bridgehead atoms. The fourth-order valence-corrected chi connectivity index (χ4v) is 2.81. The number of hydrogen-bond donors (Lipinski definition) is 3. The van der Waals surface area contributed by atoms with Crippen molar-refractivity contribution >= 4 is 33.5 Å². The summed E-state index contributed by atoms with van der Waals surface area (Å²) >= 11 is 0. The summed E-state index contributed by atoms with van der Waals surface area (Å²) in [6.07, 6.45) is -0.876. The highest BCUT2D eigenvalue weighted by Crippen LogP contribution is 2.20. The van der Waals surface area contributed by atoms with Gasteiger partial charge in [-0.25, -0.2) is 4.79 Å². The van der Waals surface area contributed by atoms with Crippen LogP contribution in [0.5, 0.6) is 0 Å². The molecule has 1 atom stereocenters. The van der Waals surface area contributed by atoms with E-state index >= 15 is 0 Å². The van der Waals surface area contributed by atoms with Gasteiger partial charge in [-0.15, -0.1) is 0 Å². The van der Waals surface area contributed by atoms with E-state index in [-0.39, 0.29) is 6.42 Å². The predicted octanol–water partition coefficient (Wildman–Crippen LogP) is 0.730. The van der Waals surface area contributed by atoms with Gasteiger partial charge in [0.05, 0.1) is 6.42 Å². The largest absolute Gasteiger partial charge is 0.479 e. The lowest BCUT2D eigenvalue weighted by atomic mass is 10.2. The van der Waals surface area contributed by atoms with Crippen molar-refractivity contribution in [3.8, 4) is 0 Å². The number of carboxylic acids is 1. The quantitative estimate of drug-likeness (QED) is 0.422. The molecule has 0 saturated carbocycles. The maximum Gasteiger partial charge on any atom is 0.333 e. The minimum atomic E-state index is -1.61. The van der Waals surface area contributed by atoms with Crippen LogP contribution in [0, 0.1) is 0 Å². The molecule has 0 rings (SSSR count). The average molecular weight is 267 g/mol. The summed E-state index contributed by atoms with van der Waals surface area (Å²) in [7, 11) is 3.41. The zero-order chi connectivity index (χ0) is 12.4. The SMILES string of the molecule is CCCSSCCNC(=O)CC(O)C(=O)O. The summed E-state index contributed by atoms with van der Waals surface area (Å²) in [6, 6.07) is 0. The molecule has 0 heterocycles. The first-order chi connectivity index (χ1) is 7.57. The molecule has 0 saturated heterocycles. The molecule has 1 amide bonds. The van der Waals surface area contributed by atoms with E-state index in [9.17, 15) is 9.59 Å². The molecule has 0 aromatic heterocycles. The van der Waals surface area contributed by atoms with Crippen LogP contribution in [0.3, 0.4) is 0 Å². The van der Waals surface area contributed by atoms with Crippen LogP contribution in [0.1, 0.15) is 19.8 Å². The lowest BCUT2D eigenvalue weighted by Gasteiger charge is -2.06. The molecule has 0 aliphatic carbocycles. The molecular weight excluding hydrogens is 250 g/mol. The smallest absolute Gasteiger partial charge is 0.333 e. The second-order valence-electron chi connectivity index (χ2n) is 3.05. The Morgan fingerprint density at radius 3 is 2.50 bits per heavy atom. The van der Waals surface area contributed by atoms with Crippen molar-refractivity contribution in [2.45, 2.75) is 25.9 Å². The number of aliphatic carboxylic acids is 1. The standard InChI is InChI=1S/C9H17NO4S2/c1-2-4-15-16-5-3-10-8(12)6-7(11)9(13)14/h7,11H,2-6H2,1H3,(H,10,12)(H,13,14). The molecule has 0 aromatic carbocycles. The van der Waals surface area contributed by atoms with Crippen LogP contribution >= 0.6 is 21.6 Å². The summed E-state index contributed by atoms with van der Waals surface area (Å²) in [5.74, 6) is 0.0506. The fourth-order valence-electron chi connectivity index (χ4n) is 0.768. The molecule has 5 nitrogen and oxygen atoms in total. The summed E-state index contributed by atoms with van der Waals surface area (Å²) in [5, 5.41) is 19.8. The number of aliphatic hydroxyl groups excluding tert-OH is 1. The summed E-state index contributed by atoms with van der Waals surface area (Å²) in [4.78, 5) is 21.3. The topological polar surface area (TPSA) is 86.6 Å². The van der Waals surface area contributed by atoms with Gasteiger partial charge in [0.2, 0.25) is 5.91 Å². The van der Waals surface area contributed by atoms with Crippen molar-refractivity contribution < 1.29 is 19.8 Å². The Labute approximate surface area is 103 Å². The normalized spacial score (nSPS) is 12.1. The first kappa shape index (κ1) is 15.6. The Kier molecular flexibility index (Phi) is 9.55. The number of carboxylic acid groups (broad SMARTS) is 1. The van der Waals surface area contributed by atoms with Crippen LogP contribution in [0.4, 0.5) is 0 Å². The van der Waals surface area contributed by atoms with E-state index in [0.717, 1.165) is 17.9 Å². The van der Waals surface area contributed by atoms with E-state index in [1.54, 1.807) is 21.6 Å². The van der Waals surface area contributed by atoms with Gasteiger partial charge in [0.15, 0.2) is 6.10 Å². The fraction of sp³-hybridized carbons (Fsp3) is 0.778. The Bertz CT molecular complexity index is 226. The third kappa shape index (κ3) is 8.87. The van der Waals surface area contributed by atoms with Gasteiger partial charge < -0.3 is 15.5 Å². The minimum Gasteiger partial charge on any atom is -0.479 e. The molecule has 0 radical (unpaired) electrons. The molecular formula is C9H17NO4S2. The maximum atomic E-state index is 11.1. The Morgan fingerprint density at radius 2 is 1.94 bits per heavy atom. The van der Waals surface area contributed by atoms with Crippen LogP contribution in [0.25, 0.3) is 0 Å². The van der Waals surface area contributed by atoms with Gasteiger partial charge in [0.1, 0.15) is 0 Å². The number of carbonyl (C=O) groups excluding carboxylic acids is 1. The van der Waals surface area contributed by atoms with E-state index in [1.807, 2.05) is 0 Å². The van der Waals surface area contributed by atoms with Gasteiger partial charge in [0, 0.05) is 18.1 Å². The molecule has 0 aromatic rings. The monoisotopic (exact) mass is 267 g/mol. The molecule has 0 aliphatic rings. The molecule has 0 fully saturated rings. The third-order valence-electron chi connectivity index (χ3n) is 1.54. The van der Waals surface area contributed by atoms with Crippen molar-refractivity contribution in [3.63, 3.8) is 0 Å². The highest BCUT2D eigenvalue weighted by Gasteiger charge is 2.16. The average Bonchev–Trinajstić information content (AvgIpc) is 2.23. The van der Waals surface area contributed by atoms with Gasteiger partial charge >= 0.3 is 5.97 Å². The first-order valence-corrected chi connectivity index (χ1v) is 7.48. The Morgan fingerprint density at radius 1 is 1.31 bits per heavy atom. The van der Waals surface area contributed by atoms with E-state index in [0.29, 0.717) is 6.54 Å². The van der Waals surface area contributed by atoms with Crippen LogP contribution in [-0.4, -0.2) is 46.2 Å². The van der Waals surface area contributed by atoms with Gasteiger partial charge in [-0.1, -0.05) is 28.5 Å². The second-order valence-corrected chi connectivity index (χ2v) is 5.75.